The molecule has 2 amide bonds. The number of anilines is 2. The van der Waals surface area contributed by atoms with E-state index in [9.17, 15) is 4.79 Å². The van der Waals surface area contributed by atoms with Crippen LogP contribution in [0.4, 0.5) is 11.4 Å². The van der Waals surface area contributed by atoms with Gasteiger partial charge in [0, 0.05) is 83.9 Å². The van der Waals surface area contributed by atoms with E-state index < -0.39 is 0 Å². The number of aromatic amines is 1. The first kappa shape index (κ1) is 41.4. The van der Waals surface area contributed by atoms with Gasteiger partial charge in [0.15, 0.2) is 0 Å². The fraction of sp³-hybridized carbons (Fsp3) is 0.319. The summed E-state index contributed by atoms with van der Waals surface area (Å²) in [4.78, 5) is 40.4. The van der Waals surface area contributed by atoms with E-state index in [0.717, 1.165) is 72.1 Å². The van der Waals surface area contributed by atoms with Crippen LogP contribution in [-0.2, 0) is 0 Å². The Morgan fingerprint density at radius 2 is 1.59 bits per heavy atom. The van der Waals surface area contributed by atoms with Crippen molar-refractivity contribution in [2.75, 3.05) is 57.0 Å². The van der Waals surface area contributed by atoms with Crippen molar-refractivity contribution in [3.63, 3.8) is 0 Å². The Hall–Kier alpha value is -4.73. The Kier molecular flexibility index (Phi) is 12.9. The lowest BCUT2D eigenvalue weighted by Gasteiger charge is -2.38. The van der Waals surface area contributed by atoms with Gasteiger partial charge in [-0.2, -0.15) is 0 Å². The van der Waals surface area contributed by atoms with Crippen LogP contribution in [-0.4, -0.2) is 78.3 Å². The van der Waals surface area contributed by atoms with E-state index in [2.05, 4.69) is 50.6 Å². The fourth-order valence-corrected chi connectivity index (χ4v) is 9.31. The molecule has 1 saturated heterocycles. The number of H-pyrrole nitrogens is 1. The molecule has 2 N–H and O–H groups in total. The summed E-state index contributed by atoms with van der Waals surface area (Å²) in [5.74, 6) is 0.271. The highest BCUT2D eigenvalue weighted by atomic mass is 35.5. The SMILES string of the molecule is C=CN(/C(=C(\C)c1ccccc1)c1c(C(=O)Nc2cc(C(=O)N(C)C)ccc2N2CCN(CC3CCCC3)CC2)[nH]c2cc(Cl)ccc12)C(C)c1ccc(Cl)cc1Cl. The molecule has 1 aliphatic heterocycles. The second-order valence-electron chi connectivity index (χ2n) is 15.7. The molecule has 1 aromatic heterocycles. The van der Waals surface area contributed by atoms with Crippen molar-refractivity contribution in [2.24, 2.45) is 5.92 Å². The molecule has 4 aromatic carbocycles. The van der Waals surface area contributed by atoms with Crippen LogP contribution in [0.5, 0.6) is 0 Å². The van der Waals surface area contributed by atoms with Crippen LogP contribution in [0.15, 0.2) is 97.7 Å². The maximum atomic E-state index is 15.1. The van der Waals surface area contributed by atoms with E-state index in [1.807, 2.05) is 67.6 Å². The van der Waals surface area contributed by atoms with E-state index in [-0.39, 0.29) is 17.9 Å². The molecule has 0 radical (unpaired) electrons. The zero-order valence-corrected chi connectivity index (χ0v) is 35.9. The zero-order valence-electron chi connectivity index (χ0n) is 33.6. The number of hydrogen-bond acceptors (Lipinski definition) is 5. The largest absolute Gasteiger partial charge is 0.367 e. The van der Waals surface area contributed by atoms with E-state index in [4.69, 9.17) is 34.8 Å². The van der Waals surface area contributed by atoms with Gasteiger partial charge in [-0.3, -0.25) is 14.5 Å². The smallest absolute Gasteiger partial charge is 0.272 e. The van der Waals surface area contributed by atoms with Gasteiger partial charge in [-0.05, 0) is 98.0 Å². The first-order valence-electron chi connectivity index (χ1n) is 20.0. The molecule has 11 heteroatoms. The van der Waals surface area contributed by atoms with Crippen molar-refractivity contribution in [3.05, 3.63) is 141 Å². The van der Waals surface area contributed by atoms with Crippen molar-refractivity contribution in [2.45, 2.75) is 45.6 Å². The molecule has 7 rings (SSSR count). The molecule has 0 spiro atoms. The van der Waals surface area contributed by atoms with Crippen molar-refractivity contribution in [1.82, 2.24) is 19.7 Å². The van der Waals surface area contributed by atoms with Gasteiger partial charge in [0.2, 0.25) is 0 Å². The molecule has 302 valence electrons. The first-order chi connectivity index (χ1) is 27.9. The summed E-state index contributed by atoms with van der Waals surface area (Å²) in [5, 5.41) is 5.67. The lowest BCUT2D eigenvalue weighted by atomic mass is 9.95. The molecule has 1 aliphatic carbocycles. The highest BCUT2D eigenvalue weighted by Crippen LogP contribution is 2.43. The maximum Gasteiger partial charge on any atom is 0.272 e. The molecule has 2 fully saturated rings. The number of nitrogens with one attached hydrogen (secondary N) is 2. The lowest BCUT2D eigenvalue weighted by Crippen LogP contribution is -2.47. The second kappa shape index (κ2) is 18.0. The zero-order chi connectivity index (χ0) is 41.1. The van der Waals surface area contributed by atoms with Gasteiger partial charge < -0.3 is 25.0 Å². The summed E-state index contributed by atoms with van der Waals surface area (Å²) < 4.78 is 0. The number of amides is 2. The number of rotatable bonds is 12. The lowest BCUT2D eigenvalue weighted by molar-refractivity contribution is 0.0827. The Bertz CT molecular complexity index is 2340. The van der Waals surface area contributed by atoms with Gasteiger partial charge in [-0.15, -0.1) is 0 Å². The minimum absolute atomic E-state index is 0.149. The minimum atomic E-state index is -0.363. The second-order valence-corrected chi connectivity index (χ2v) is 16.9. The van der Waals surface area contributed by atoms with Gasteiger partial charge in [-0.25, -0.2) is 0 Å². The highest BCUT2D eigenvalue weighted by Gasteiger charge is 2.31. The van der Waals surface area contributed by atoms with Crippen molar-refractivity contribution >= 4 is 80.2 Å². The summed E-state index contributed by atoms with van der Waals surface area (Å²) in [6.45, 7) is 13.0. The number of hydrogen-bond donors (Lipinski definition) is 2. The first-order valence-corrected chi connectivity index (χ1v) is 21.1. The number of fused-ring (bicyclic) bond motifs is 1. The minimum Gasteiger partial charge on any atom is -0.367 e. The predicted molar refractivity (Wildman–Crippen MR) is 242 cm³/mol. The van der Waals surface area contributed by atoms with Crippen molar-refractivity contribution in [3.8, 4) is 0 Å². The third kappa shape index (κ3) is 8.81. The Labute approximate surface area is 357 Å². The molecule has 8 nitrogen and oxygen atoms in total. The Balaban J connectivity index is 1.34. The van der Waals surface area contributed by atoms with Crippen LogP contribution in [0.2, 0.25) is 15.1 Å². The third-order valence-corrected chi connectivity index (χ3v) is 12.5. The van der Waals surface area contributed by atoms with Gasteiger partial charge in [-0.1, -0.05) is 96.7 Å². The predicted octanol–water partition coefficient (Wildman–Crippen LogP) is 11.5. The van der Waals surface area contributed by atoms with Crippen LogP contribution >= 0.6 is 34.8 Å². The fourth-order valence-electron chi connectivity index (χ4n) is 8.57. The highest BCUT2D eigenvalue weighted by molar-refractivity contribution is 6.35. The van der Waals surface area contributed by atoms with Gasteiger partial charge in [0.25, 0.3) is 11.8 Å². The van der Waals surface area contributed by atoms with Gasteiger partial charge in [0.1, 0.15) is 5.69 Å². The molecular weight excluding hydrogens is 787 g/mol. The number of piperazine rings is 1. The monoisotopic (exact) mass is 836 g/mol. The average Bonchev–Trinajstić information content (AvgIpc) is 3.87. The van der Waals surface area contributed by atoms with E-state index in [0.29, 0.717) is 43.1 Å². The van der Waals surface area contributed by atoms with Crippen LogP contribution in [0.1, 0.15) is 83.1 Å². The van der Waals surface area contributed by atoms with Crippen LogP contribution in [0.3, 0.4) is 0 Å². The molecule has 1 atom stereocenters. The van der Waals surface area contributed by atoms with E-state index >= 15 is 4.79 Å². The summed E-state index contributed by atoms with van der Waals surface area (Å²) in [7, 11) is 3.46. The molecular formula is C47H51Cl3N6O2. The Morgan fingerprint density at radius 1 is 0.897 bits per heavy atom. The van der Waals surface area contributed by atoms with Crippen LogP contribution in [0.25, 0.3) is 22.2 Å². The summed E-state index contributed by atoms with van der Waals surface area (Å²) in [6, 6.07) is 26.4. The van der Waals surface area contributed by atoms with Crippen LogP contribution in [0, 0.1) is 5.92 Å². The summed E-state index contributed by atoms with van der Waals surface area (Å²) in [6.07, 6.45) is 7.08. The molecule has 2 heterocycles. The number of carbonyl (C=O) groups excluding carboxylic acids is 2. The molecule has 58 heavy (non-hydrogen) atoms. The number of benzene rings is 4. The average molecular weight is 838 g/mol. The summed E-state index contributed by atoms with van der Waals surface area (Å²) >= 11 is 19.8. The third-order valence-electron chi connectivity index (χ3n) is 11.7. The number of nitrogens with zero attached hydrogens (tertiary/aromatic N) is 4. The van der Waals surface area contributed by atoms with E-state index in [1.54, 1.807) is 37.3 Å². The number of halogens is 3. The van der Waals surface area contributed by atoms with E-state index in [1.165, 1.54) is 25.7 Å². The molecule has 1 saturated carbocycles. The Morgan fingerprint density at radius 3 is 2.26 bits per heavy atom. The number of carbonyl (C=O) groups is 2. The topological polar surface area (TPSA) is 74.9 Å². The number of aromatic nitrogens is 1. The van der Waals surface area contributed by atoms with Crippen LogP contribution < -0.4 is 10.2 Å². The summed E-state index contributed by atoms with van der Waals surface area (Å²) in [5.41, 5.74) is 7.11. The molecule has 2 aliphatic rings. The van der Waals surface area contributed by atoms with Gasteiger partial charge >= 0.3 is 0 Å². The normalized spacial score (nSPS) is 15.9. The van der Waals surface area contributed by atoms with Crippen molar-refractivity contribution < 1.29 is 9.59 Å². The standard InChI is InChI=1S/C47H51Cl3N6O2/c1-6-56(31(3)37-19-17-35(48)27-39(37)50)45(30(2)33-14-8-7-9-15-33)43-38-20-18-36(49)28-40(38)51-44(43)46(57)52-41-26-34(47(58)53(4)5)16-21-42(41)55-24-22-54(23-25-55)29-32-12-10-11-13-32/h6-9,14-21,26-28,31-32,51H,1,10-13,22-25,29H2,2-5H3,(H,52,57)/b45-30+. The molecule has 1 unspecified atom stereocenters. The molecule has 0 bridgehead atoms. The van der Waals surface area contributed by atoms with Gasteiger partial charge in [0.05, 0.1) is 23.1 Å². The van der Waals surface area contributed by atoms with Crippen molar-refractivity contribution in [1.29, 1.82) is 0 Å². The maximum absolute atomic E-state index is 15.1. The molecule has 5 aromatic rings. The number of allylic oxidation sites excluding steroid dienone is 1. The quantitative estimate of drug-likeness (QED) is 0.131.